The first-order valence-electron chi connectivity index (χ1n) is 8.02. The van der Waals surface area contributed by atoms with Crippen molar-refractivity contribution < 1.29 is 9.53 Å². The van der Waals surface area contributed by atoms with Crippen LogP contribution in [0.2, 0.25) is 0 Å². The molecule has 0 fully saturated rings. The molecule has 132 valence electrons. The number of nitrogens with zero attached hydrogens (tertiary/aromatic N) is 2. The molecule has 1 amide bonds. The number of aromatic nitrogens is 2. The monoisotopic (exact) mass is 350 g/mol. The first-order valence-corrected chi connectivity index (χ1v) is 8.02. The second-order valence-electron chi connectivity index (χ2n) is 5.52. The summed E-state index contributed by atoms with van der Waals surface area (Å²) in [5.74, 6) is 0.181. The molecule has 0 saturated heterocycles. The molecule has 0 spiro atoms. The number of carbonyl (C=O) groups is 1. The molecule has 0 aliphatic rings. The van der Waals surface area contributed by atoms with Crippen LogP contribution in [0.4, 0.5) is 0 Å². The molecule has 0 aliphatic carbocycles. The third-order valence-corrected chi connectivity index (χ3v) is 3.63. The molecule has 0 aliphatic heterocycles. The second-order valence-corrected chi connectivity index (χ2v) is 5.52. The Morgan fingerprint density at radius 3 is 2.50 bits per heavy atom. The number of amides is 1. The minimum Gasteiger partial charge on any atom is -0.484 e. The van der Waals surface area contributed by atoms with E-state index in [9.17, 15) is 9.59 Å². The molecule has 0 radical (unpaired) electrons. The first-order chi connectivity index (χ1) is 12.6. The van der Waals surface area contributed by atoms with Crippen LogP contribution in [0.25, 0.3) is 5.69 Å². The molecule has 0 atom stereocenters. The smallest absolute Gasteiger partial charge is 0.280 e. The quantitative estimate of drug-likeness (QED) is 0.526. The van der Waals surface area contributed by atoms with Gasteiger partial charge in [0.1, 0.15) is 5.75 Å². The minimum atomic E-state index is -0.415. The van der Waals surface area contributed by atoms with E-state index < -0.39 is 5.91 Å². The average molecular weight is 350 g/mol. The number of rotatable bonds is 6. The predicted molar refractivity (Wildman–Crippen MR) is 98.8 cm³/mol. The molecule has 1 heterocycles. The highest BCUT2D eigenvalue weighted by molar-refractivity contribution is 5.83. The maximum absolute atomic E-state index is 12.5. The number of nitrogens with one attached hydrogen (secondary N) is 2. The van der Waals surface area contributed by atoms with Gasteiger partial charge in [0, 0.05) is 5.69 Å². The number of H-pyrrole nitrogens is 1. The Labute approximate surface area is 149 Å². The highest BCUT2D eigenvalue weighted by Crippen LogP contribution is 2.07. The van der Waals surface area contributed by atoms with Gasteiger partial charge < -0.3 is 4.74 Å². The van der Waals surface area contributed by atoms with Gasteiger partial charge in [-0.3, -0.25) is 14.7 Å². The van der Waals surface area contributed by atoms with Gasteiger partial charge >= 0.3 is 0 Å². The van der Waals surface area contributed by atoms with Crippen molar-refractivity contribution in [1.29, 1.82) is 0 Å². The van der Waals surface area contributed by atoms with Crippen LogP contribution >= 0.6 is 0 Å². The fourth-order valence-electron chi connectivity index (χ4n) is 2.34. The van der Waals surface area contributed by atoms with E-state index in [4.69, 9.17) is 4.74 Å². The number of benzene rings is 2. The molecule has 3 rings (SSSR count). The van der Waals surface area contributed by atoms with Crippen molar-refractivity contribution in [2.24, 2.45) is 5.10 Å². The van der Waals surface area contributed by atoms with Crippen LogP contribution in [-0.4, -0.2) is 28.5 Å². The van der Waals surface area contributed by atoms with Gasteiger partial charge in [0.05, 0.1) is 17.5 Å². The van der Waals surface area contributed by atoms with Crippen molar-refractivity contribution >= 4 is 12.1 Å². The van der Waals surface area contributed by atoms with Gasteiger partial charge in [0.25, 0.3) is 11.5 Å². The van der Waals surface area contributed by atoms with Gasteiger partial charge in [0.15, 0.2) is 6.61 Å². The van der Waals surface area contributed by atoms with E-state index in [1.54, 1.807) is 19.1 Å². The molecule has 26 heavy (non-hydrogen) atoms. The number of aryl methyl sites for hydroxylation is 1. The lowest BCUT2D eigenvalue weighted by Crippen LogP contribution is -2.25. The van der Waals surface area contributed by atoms with Gasteiger partial charge in [-0.25, -0.2) is 10.1 Å². The van der Waals surface area contributed by atoms with Gasteiger partial charge in [-0.2, -0.15) is 5.10 Å². The SMILES string of the molecule is Cc1[nH]n(-c2ccccc2)c(=O)c1C=NNC(=O)COc1ccccc1. The molecule has 1 aromatic heterocycles. The van der Waals surface area contributed by atoms with Crippen LogP contribution in [-0.2, 0) is 4.79 Å². The Morgan fingerprint density at radius 2 is 1.81 bits per heavy atom. The number of hydrazone groups is 1. The summed E-state index contributed by atoms with van der Waals surface area (Å²) in [5, 5.41) is 6.83. The largest absolute Gasteiger partial charge is 0.484 e. The molecule has 0 saturated carbocycles. The normalized spacial score (nSPS) is 10.8. The fraction of sp³-hybridized carbons (Fsp3) is 0.105. The lowest BCUT2D eigenvalue weighted by atomic mass is 10.3. The van der Waals surface area contributed by atoms with E-state index in [1.807, 2.05) is 48.5 Å². The van der Waals surface area contributed by atoms with E-state index in [0.717, 1.165) is 5.69 Å². The first kappa shape index (κ1) is 17.2. The van der Waals surface area contributed by atoms with Crippen molar-refractivity contribution in [3.8, 4) is 11.4 Å². The van der Waals surface area contributed by atoms with Crippen LogP contribution in [0, 0.1) is 6.92 Å². The highest BCUT2D eigenvalue weighted by Gasteiger charge is 2.10. The number of carbonyl (C=O) groups excluding carboxylic acids is 1. The van der Waals surface area contributed by atoms with Crippen molar-refractivity contribution in [2.75, 3.05) is 6.61 Å². The zero-order valence-electron chi connectivity index (χ0n) is 14.2. The maximum atomic E-state index is 12.5. The van der Waals surface area contributed by atoms with Crippen molar-refractivity contribution in [1.82, 2.24) is 15.2 Å². The fourth-order valence-corrected chi connectivity index (χ4v) is 2.34. The summed E-state index contributed by atoms with van der Waals surface area (Å²) in [4.78, 5) is 24.2. The van der Waals surface area contributed by atoms with E-state index >= 15 is 0 Å². The standard InChI is InChI=1S/C19H18N4O3/c1-14-17(19(25)23(22-14)15-8-4-2-5-9-15)12-20-21-18(24)13-26-16-10-6-3-7-11-16/h2-12,22H,13H2,1H3,(H,21,24). The zero-order valence-corrected chi connectivity index (χ0v) is 14.2. The Balaban J connectivity index is 1.63. The molecule has 7 nitrogen and oxygen atoms in total. The number of ether oxygens (including phenoxy) is 1. The number of aromatic amines is 1. The Morgan fingerprint density at radius 1 is 1.15 bits per heavy atom. The minimum absolute atomic E-state index is 0.165. The van der Waals surface area contributed by atoms with Crippen molar-refractivity contribution in [3.05, 3.63) is 82.3 Å². The number of hydrogen-bond acceptors (Lipinski definition) is 4. The Hall–Kier alpha value is -3.61. The maximum Gasteiger partial charge on any atom is 0.280 e. The summed E-state index contributed by atoms with van der Waals surface area (Å²) >= 11 is 0. The molecule has 0 unspecified atom stereocenters. The van der Waals surface area contributed by atoms with Crippen LogP contribution < -0.4 is 15.7 Å². The van der Waals surface area contributed by atoms with E-state index in [1.165, 1.54) is 10.9 Å². The van der Waals surface area contributed by atoms with Gasteiger partial charge in [-0.05, 0) is 31.2 Å². The second kappa shape index (κ2) is 7.98. The van der Waals surface area contributed by atoms with Crippen molar-refractivity contribution in [3.63, 3.8) is 0 Å². The Kier molecular flexibility index (Phi) is 5.28. The summed E-state index contributed by atoms with van der Waals surface area (Å²) < 4.78 is 6.75. The average Bonchev–Trinajstić information content (AvgIpc) is 2.96. The molecular weight excluding hydrogens is 332 g/mol. The van der Waals surface area contributed by atoms with Crippen LogP contribution in [0.3, 0.4) is 0 Å². The topological polar surface area (TPSA) is 88.5 Å². The van der Waals surface area contributed by atoms with Crippen molar-refractivity contribution in [2.45, 2.75) is 6.92 Å². The van der Waals surface area contributed by atoms with Crippen LogP contribution in [0.1, 0.15) is 11.3 Å². The lowest BCUT2D eigenvalue weighted by Gasteiger charge is -2.03. The van der Waals surface area contributed by atoms with Gasteiger partial charge in [-0.15, -0.1) is 0 Å². The summed E-state index contributed by atoms with van der Waals surface area (Å²) in [6.07, 6.45) is 1.33. The van der Waals surface area contributed by atoms with Crippen LogP contribution in [0.15, 0.2) is 70.6 Å². The predicted octanol–water partition coefficient (Wildman–Crippen LogP) is 2.00. The van der Waals surface area contributed by atoms with E-state index in [2.05, 4.69) is 15.6 Å². The Bertz CT molecular complexity index is 959. The summed E-state index contributed by atoms with van der Waals surface area (Å²) in [5.41, 5.74) is 3.85. The van der Waals surface area contributed by atoms with Gasteiger partial charge in [0.2, 0.25) is 0 Å². The molecule has 2 aromatic carbocycles. The molecular formula is C19H18N4O3. The van der Waals surface area contributed by atoms with E-state index in [-0.39, 0.29) is 12.2 Å². The third kappa shape index (κ3) is 4.07. The number of hydrogen-bond donors (Lipinski definition) is 2. The number of para-hydroxylation sites is 2. The molecule has 0 bridgehead atoms. The summed E-state index contributed by atoms with van der Waals surface area (Å²) in [7, 11) is 0. The third-order valence-electron chi connectivity index (χ3n) is 3.63. The van der Waals surface area contributed by atoms with Gasteiger partial charge in [-0.1, -0.05) is 36.4 Å². The highest BCUT2D eigenvalue weighted by atomic mass is 16.5. The summed E-state index contributed by atoms with van der Waals surface area (Å²) in [6.45, 7) is 1.60. The van der Waals surface area contributed by atoms with Crippen LogP contribution in [0.5, 0.6) is 5.75 Å². The van der Waals surface area contributed by atoms with E-state index in [0.29, 0.717) is 17.0 Å². The zero-order chi connectivity index (χ0) is 18.4. The lowest BCUT2D eigenvalue weighted by molar-refractivity contribution is -0.123. The molecule has 3 aromatic rings. The molecule has 7 heteroatoms. The summed E-state index contributed by atoms with van der Waals surface area (Å²) in [6, 6.07) is 18.2. The molecule has 2 N–H and O–H groups in total.